The van der Waals surface area contributed by atoms with Crippen molar-refractivity contribution in [3.63, 3.8) is 0 Å². The summed E-state index contributed by atoms with van der Waals surface area (Å²) >= 11 is 0. The lowest BCUT2D eigenvalue weighted by atomic mass is 10.2. The highest BCUT2D eigenvalue weighted by atomic mass is 16.3. The molecule has 0 saturated heterocycles. The third-order valence-corrected chi connectivity index (χ3v) is 1.49. The largest absolute Gasteiger partial charge is 0.396 e. The quantitative estimate of drug-likeness (QED) is 0.590. The van der Waals surface area contributed by atoms with Gasteiger partial charge in [0.2, 0.25) is 0 Å². The van der Waals surface area contributed by atoms with Crippen molar-refractivity contribution in [2.75, 3.05) is 6.61 Å². The molecule has 50 valence electrons. The molecule has 0 amide bonds. The Kier molecular flexibility index (Phi) is 2.01. The van der Waals surface area contributed by atoms with Gasteiger partial charge in [0.1, 0.15) is 0 Å². The lowest BCUT2D eigenvalue weighted by molar-refractivity contribution is -0.114. The van der Waals surface area contributed by atoms with Crippen LogP contribution in [0.3, 0.4) is 0 Å². The van der Waals surface area contributed by atoms with Gasteiger partial charge in [0.25, 0.3) is 0 Å². The van der Waals surface area contributed by atoms with E-state index in [1.165, 1.54) is 0 Å². The first-order valence-corrected chi connectivity index (χ1v) is 3.16. The van der Waals surface area contributed by atoms with Gasteiger partial charge in [-0.2, -0.15) is 0 Å². The molecular weight excluding hydrogens is 116 g/mol. The fourth-order valence-electron chi connectivity index (χ4n) is 0.997. The summed E-state index contributed by atoms with van der Waals surface area (Å²) in [4.78, 5) is 10.6. The van der Waals surface area contributed by atoms with Gasteiger partial charge in [-0.3, -0.25) is 4.79 Å². The Morgan fingerprint density at radius 3 is 2.78 bits per heavy atom. The number of aliphatic hydroxyl groups excluding tert-OH is 1. The zero-order valence-electron chi connectivity index (χ0n) is 5.26. The van der Waals surface area contributed by atoms with Crippen molar-refractivity contribution in [2.45, 2.75) is 19.3 Å². The average molecular weight is 126 g/mol. The number of carbonyl (C=O) groups is 1. The van der Waals surface area contributed by atoms with E-state index < -0.39 is 0 Å². The van der Waals surface area contributed by atoms with E-state index in [9.17, 15) is 4.79 Å². The molecule has 0 atom stereocenters. The molecule has 1 aliphatic rings. The number of rotatable bonds is 2. The minimum atomic E-state index is 0.166. The van der Waals surface area contributed by atoms with Crippen LogP contribution < -0.4 is 0 Å². The molecule has 0 heterocycles. The van der Waals surface area contributed by atoms with Gasteiger partial charge in [-0.15, -0.1) is 0 Å². The molecule has 0 unspecified atom stereocenters. The van der Waals surface area contributed by atoms with Crippen LogP contribution in [0.2, 0.25) is 0 Å². The van der Waals surface area contributed by atoms with Crippen LogP contribution in [0.1, 0.15) is 19.3 Å². The Labute approximate surface area is 54.2 Å². The first-order valence-electron chi connectivity index (χ1n) is 3.16. The van der Waals surface area contributed by atoms with E-state index in [0.29, 0.717) is 12.8 Å². The predicted octanol–water partition coefficient (Wildman–Crippen LogP) is 0.658. The molecule has 0 saturated carbocycles. The van der Waals surface area contributed by atoms with Gasteiger partial charge >= 0.3 is 0 Å². The zero-order valence-corrected chi connectivity index (χ0v) is 5.26. The van der Waals surface area contributed by atoms with Gasteiger partial charge < -0.3 is 5.11 Å². The third-order valence-electron chi connectivity index (χ3n) is 1.49. The van der Waals surface area contributed by atoms with E-state index in [0.717, 1.165) is 12.0 Å². The molecule has 0 aromatic rings. The van der Waals surface area contributed by atoms with Crippen molar-refractivity contribution >= 4 is 5.78 Å². The van der Waals surface area contributed by atoms with Crippen LogP contribution >= 0.6 is 0 Å². The number of hydrogen-bond acceptors (Lipinski definition) is 2. The topological polar surface area (TPSA) is 37.3 Å². The van der Waals surface area contributed by atoms with E-state index >= 15 is 0 Å². The molecule has 2 nitrogen and oxygen atoms in total. The normalized spacial score (nSPS) is 18.3. The number of aliphatic hydroxyl groups is 1. The Morgan fingerprint density at radius 2 is 2.33 bits per heavy atom. The third kappa shape index (κ3) is 1.64. The SMILES string of the molecule is O=C1C=C(CCO)CC1. The Balaban J connectivity index is 2.42. The molecule has 0 fully saturated rings. The van der Waals surface area contributed by atoms with Crippen molar-refractivity contribution in [1.82, 2.24) is 0 Å². The summed E-state index contributed by atoms with van der Waals surface area (Å²) in [6, 6.07) is 0. The molecule has 0 aromatic carbocycles. The summed E-state index contributed by atoms with van der Waals surface area (Å²) in [5, 5.41) is 8.46. The number of hydrogen-bond donors (Lipinski definition) is 1. The Bertz CT molecular complexity index is 147. The summed E-state index contributed by atoms with van der Waals surface area (Å²) in [5.74, 6) is 0.207. The molecule has 0 radical (unpaired) electrons. The molecule has 1 N–H and O–H groups in total. The second-order valence-corrected chi connectivity index (χ2v) is 2.24. The average Bonchev–Trinajstić information content (AvgIpc) is 2.17. The van der Waals surface area contributed by atoms with Crippen molar-refractivity contribution in [3.8, 4) is 0 Å². The van der Waals surface area contributed by atoms with Gasteiger partial charge in [-0.25, -0.2) is 0 Å². The highest BCUT2D eigenvalue weighted by Gasteiger charge is 2.09. The lowest BCUT2D eigenvalue weighted by Gasteiger charge is -1.92. The maximum absolute atomic E-state index is 10.6. The van der Waals surface area contributed by atoms with Crippen molar-refractivity contribution < 1.29 is 9.90 Å². The maximum Gasteiger partial charge on any atom is 0.155 e. The van der Waals surface area contributed by atoms with Crippen molar-refractivity contribution in [1.29, 1.82) is 0 Å². The van der Waals surface area contributed by atoms with Gasteiger partial charge in [-0.05, 0) is 18.9 Å². The molecule has 9 heavy (non-hydrogen) atoms. The minimum absolute atomic E-state index is 0.166. The monoisotopic (exact) mass is 126 g/mol. The second kappa shape index (κ2) is 2.78. The smallest absolute Gasteiger partial charge is 0.155 e. The molecule has 2 heteroatoms. The molecule has 0 aliphatic heterocycles. The molecule has 1 rings (SSSR count). The molecule has 0 aromatic heterocycles. The van der Waals surface area contributed by atoms with Crippen LogP contribution in [0.5, 0.6) is 0 Å². The number of allylic oxidation sites excluding steroid dienone is 1. The van der Waals surface area contributed by atoms with Gasteiger partial charge in [0.05, 0.1) is 0 Å². The fourth-order valence-corrected chi connectivity index (χ4v) is 0.997. The van der Waals surface area contributed by atoms with E-state index in [2.05, 4.69) is 0 Å². The van der Waals surface area contributed by atoms with E-state index in [1.54, 1.807) is 6.08 Å². The van der Waals surface area contributed by atoms with E-state index in [-0.39, 0.29) is 12.4 Å². The van der Waals surface area contributed by atoms with Crippen LogP contribution in [0, 0.1) is 0 Å². The second-order valence-electron chi connectivity index (χ2n) is 2.24. The number of ketones is 1. The highest BCUT2D eigenvalue weighted by Crippen LogP contribution is 2.16. The Morgan fingerprint density at radius 1 is 1.56 bits per heavy atom. The maximum atomic E-state index is 10.6. The summed E-state index contributed by atoms with van der Waals surface area (Å²) in [6.07, 6.45) is 3.83. The van der Waals surface area contributed by atoms with Crippen LogP contribution in [0.4, 0.5) is 0 Å². The van der Waals surface area contributed by atoms with Crippen molar-refractivity contribution in [3.05, 3.63) is 11.6 Å². The lowest BCUT2D eigenvalue weighted by Crippen LogP contribution is -1.83. The molecule has 0 bridgehead atoms. The van der Waals surface area contributed by atoms with Crippen LogP contribution in [-0.4, -0.2) is 17.5 Å². The first-order chi connectivity index (χ1) is 4.33. The minimum Gasteiger partial charge on any atom is -0.396 e. The zero-order chi connectivity index (χ0) is 6.69. The fraction of sp³-hybridized carbons (Fsp3) is 0.571. The van der Waals surface area contributed by atoms with Crippen LogP contribution in [0.25, 0.3) is 0 Å². The summed E-state index contributed by atoms with van der Waals surface area (Å²) in [5.41, 5.74) is 1.10. The molecule has 0 spiro atoms. The van der Waals surface area contributed by atoms with Gasteiger partial charge in [0.15, 0.2) is 5.78 Å². The van der Waals surface area contributed by atoms with Crippen LogP contribution in [0.15, 0.2) is 11.6 Å². The summed E-state index contributed by atoms with van der Waals surface area (Å²) in [7, 11) is 0. The van der Waals surface area contributed by atoms with Crippen molar-refractivity contribution in [2.24, 2.45) is 0 Å². The van der Waals surface area contributed by atoms with Gasteiger partial charge in [0, 0.05) is 13.0 Å². The highest BCUT2D eigenvalue weighted by molar-refractivity contribution is 5.92. The van der Waals surface area contributed by atoms with E-state index in [1.807, 2.05) is 0 Å². The van der Waals surface area contributed by atoms with E-state index in [4.69, 9.17) is 5.11 Å². The van der Waals surface area contributed by atoms with Crippen LogP contribution in [-0.2, 0) is 4.79 Å². The summed E-state index contributed by atoms with van der Waals surface area (Å²) < 4.78 is 0. The van der Waals surface area contributed by atoms with Gasteiger partial charge in [-0.1, -0.05) is 5.57 Å². The number of carbonyl (C=O) groups excluding carboxylic acids is 1. The summed E-state index contributed by atoms with van der Waals surface area (Å²) in [6.45, 7) is 0.166. The molecular formula is C7H10O2. The first kappa shape index (κ1) is 6.49. The molecule has 1 aliphatic carbocycles. The predicted molar refractivity (Wildman–Crippen MR) is 34.0 cm³/mol. The standard InChI is InChI=1S/C7H10O2/c8-4-3-6-1-2-7(9)5-6/h5,8H,1-4H2. The Hall–Kier alpha value is -0.630.